The van der Waals surface area contributed by atoms with Gasteiger partial charge in [0, 0.05) is 6.08 Å². The Labute approximate surface area is 72.0 Å². The number of ether oxygens (including phenoxy) is 1. The standard InChI is InChI=1S/C5H6O2.Na.H/c1-3-5(6)7-4-2;;/h3-4H,1-2H2;;/q;+1;-1. The molecule has 0 saturated carbocycles. The summed E-state index contributed by atoms with van der Waals surface area (Å²) < 4.78 is 4.20. The summed E-state index contributed by atoms with van der Waals surface area (Å²) in [6.07, 6.45) is 2.13. The molecule has 0 radical (unpaired) electrons. The Balaban J connectivity index is -0.000000180. The van der Waals surface area contributed by atoms with Crippen molar-refractivity contribution in [3.05, 3.63) is 25.5 Å². The summed E-state index contributed by atoms with van der Waals surface area (Å²) in [4.78, 5) is 10.0. The predicted octanol–water partition coefficient (Wildman–Crippen LogP) is -2.02. The number of esters is 1. The molecule has 3 heteroatoms. The van der Waals surface area contributed by atoms with E-state index in [9.17, 15) is 4.79 Å². The molecule has 0 spiro atoms. The van der Waals surface area contributed by atoms with Crippen LogP contribution in [0.15, 0.2) is 25.5 Å². The van der Waals surface area contributed by atoms with Gasteiger partial charge in [-0.3, -0.25) is 0 Å². The van der Waals surface area contributed by atoms with Crippen LogP contribution in [0.3, 0.4) is 0 Å². The summed E-state index contributed by atoms with van der Waals surface area (Å²) in [7, 11) is 0. The van der Waals surface area contributed by atoms with Crippen molar-refractivity contribution in [2.45, 2.75) is 0 Å². The second kappa shape index (κ2) is 6.95. The van der Waals surface area contributed by atoms with Gasteiger partial charge in [0.15, 0.2) is 0 Å². The summed E-state index contributed by atoms with van der Waals surface area (Å²) in [5, 5.41) is 0. The van der Waals surface area contributed by atoms with E-state index >= 15 is 0 Å². The minimum atomic E-state index is -0.477. The van der Waals surface area contributed by atoms with Gasteiger partial charge in [-0.15, -0.1) is 0 Å². The fourth-order valence-electron chi connectivity index (χ4n) is 0.130. The summed E-state index contributed by atoms with van der Waals surface area (Å²) in [5.41, 5.74) is 0. The van der Waals surface area contributed by atoms with E-state index in [2.05, 4.69) is 17.9 Å². The van der Waals surface area contributed by atoms with Crippen molar-refractivity contribution in [1.29, 1.82) is 0 Å². The monoisotopic (exact) mass is 122 g/mol. The van der Waals surface area contributed by atoms with E-state index in [0.29, 0.717) is 0 Å². The maximum Gasteiger partial charge on any atom is 1.00 e. The van der Waals surface area contributed by atoms with E-state index < -0.39 is 5.97 Å². The van der Waals surface area contributed by atoms with Crippen LogP contribution in [-0.2, 0) is 9.53 Å². The van der Waals surface area contributed by atoms with E-state index in [-0.39, 0.29) is 31.0 Å². The third kappa shape index (κ3) is 5.95. The first-order chi connectivity index (χ1) is 3.31. The zero-order valence-corrected chi connectivity index (χ0v) is 6.89. The van der Waals surface area contributed by atoms with Gasteiger partial charge in [0.1, 0.15) is 0 Å². The molecule has 0 N–H and O–H groups in total. The largest absolute Gasteiger partial charge is 1.00 e. The zero-order valence-electron chi connectivity index (χ0n) is 5.89. The first-order valence-electron chi connectivity index (χ1n) is 1.75. The normalized spacial score (nSPS) is 6.00. The third-order valence-electron chi connectivity index (χ3n) is 0.366. The third-order valence-corrected chi connectivity index (χ3v) is 0.366. The van der Waals surface area contributed by atoms with Gasteiger partial charge < -0.3 is 6.16 Å². The van der Waals surface area contributed by atoms with Crippen LogP contribution in [0.5, 0.6) is 0 Å². The van der Waals surface area contributed by atoms with Crippen molar-refractivity contribution >= 4 is 5.97 Å². The van der Waals surface area contributed by atoms with Crippen molar-refractivity contribution < 1.29 is 40.5 Å². The SMILES string of the molecule is C=COC(=O)C=C.[H-].[Na+]. The second-order valence-corrected chi connectivity index (χ2v) is 0.808. The Morgan fingerprint density at radius 2 is 2.12 bits per heavy atom. The maximum absolute atomic E-state index is 10.0. The molecule has 0 unspecified atom stereocenters. The smallest absolute Gasteiger partial charge is 1.00 e. The van der Waals surface area contributed by atoms with Crippen LogP contribution in [0, 0.1) is 0 Å². The molecule has 0 amide bonds. The fourth-order valence-corrected chi connectivity index (χ4v) is 0.130. The van der Waals surface area contributed by atoms with Gasteiger partial charge in [0.05, 0.1) is 6.26 Å². The van der Waals surface area contributed by atoms with E-state index in [1.807, 2.05) is 0 Å². The molecule has 0 atom stereocenters. The minimum absolute atomic E-state index is 0. The number of hydrogen-bond acceptors (Lipinski definition) is 2. The van der Waals surface area contributed by atoms with Crippen LogP contribution in [0.2, 0.25) is 0 Å². The van der Waals surface area contributed by atoms with Gasteiger partial charge in [0.25, 0.3) is 0 Å². The maximum atomic E-state index is 10.0. The second-order valence-electron chi connectivity index (χ2n) is 0.808. The molecular formula is C5H7NaO2. The molecule has 8 heavy (non-hydrogen) atoms. The molecule has 0 aliphatic heterocycles. The molecule has 2 nitrogen and oxygen atoms in total. The molecule has 0 aliphatic rings. The Morgan fingerprint density at radius 1 is 1.62 bits per heavy atom. The Morgan fingerprint density at radius 3 is 2.25 bits per heavy atom. The van der Waals surface area contributed by atoms with Crippen molar-refractivity contribution in [1.82, 2.24) is 0 Å². The van der Waals surface area contributed by atoms with Gasteiger partial charge in [-0.25, -0.2) is 4.79 Å². The van der Waals surface area contributed by atoms with Gasteiger partial charge >= 0.3 is 35.5 Å². The van der Waals surface area contributed by atoms with E-state index in [4.69, 9.17) is 0 Å². The van der Waals surface area contributed by atoms with Gasteiger partial charge in [-0.05, 0) is 0 Å². The van der Waals surface area contributed by atoms with Crippen molar-refractivity contribution in [3.63, 3.8) is 0 Å². The van der Waals surface area contributed by atoms with E-state index in [1.165, 1.54) is 0 Å². The first-order valence-corrected chi connectivity index (χ1v) is 1.75. The molecule has 0 fully saturated rings. The summed E-state index contributed by atoms with van der Waals surface area (Å²) in [6.45, 7) is 6.31. The molecule has 0 aromatic rings. The molecular weight excluding hydrogens is 115 g/mol. The molecule has 0 aromatic heterocycles. The van der Waals surface area contributed by atoms with Crippen LogP contribution < -0.4 is 29.6 Å². The number of carbonyl (C=O) groups is 1. The summed E-state index contributed by atoms with van der Waals surface area (Å²) in [6, 6.07) is 0. The molecule has 0 rings (SSSR count). The van der Waals surface area contributed by atoms with Crippen LogP contribution in [0.1, 0.15) is 1.43 Å². The number of rotatable bonds is 2. The predicted molar refractivity (Wildman–Crippen MR) is 27.6 cm³/mol. The van der Waals surface area contributed by atoms with E-state index in [0.717, 1.165) is 12.3 Å². The van der Waals surface area contributed by atoms with Gasteiger partial charge in [-0.2, -0.15) is 0 Å². The molecule has 40 valence electrons. The summed E-state index contributed by atoms with van der Waals surface area (Å²) >= 11 is 0. The van der Waals surface area contributed by atoms with Crippen LogP contribution in [-0.4, -0.2) is 5.97 Å². The van der Waals surface area contributed by atoms with Crippen LogP contribution in [0.25, 0.3) is 0 Å². The Kier molecular flexibility index (Phi) is 9.42. The average Bonchev–Trinajstić information content (AvgIpc) is 1.68. The number of carbonyl (C=O) groups excluding carboxylic acids is 1. The average molecular weight is 122 g/mol. The Bertz CT molecular complexity index is 103. The zero-order chi connectivity index (χ0) is 5.70. The molecule has 0 bridgehead atoms. The molecule has 0 heterocycles. The van der Waals surface area contributed by atoms with Crippen molar-refractivity contribution in [3.8, 4) is 0 Å². The first kappa shape index (κ1) is 10.8. The quantitative estimate of drug-likeness (QED) is 0.183. The van der Waals surface area contributed by atoms with Crippen LogP contribution in [0.4, 0.5) is 0 Å². The fraction of sp³-hybridized carbons (Fsp3) is 0. The molecule has 0 aliphatic carbocycles. The van der Waals surface area contributed by atoms with Gasteiger partial charge in [-0.1, -0.05) is 13.2 Å². The Hall–Kier alpha value is -0.0500. The summed E-state index contributed by atoms with van der Waals surface area (Å²) in [5.74, 6) is -0.477. The van der Waals surface area contributed by atoms with E-state index in [1.54, 1.807) is 0 Å². The van der Waals surface area contributed by atoms with Gasteiger partial charge in [0.2, 0.25) is 0 Å². The minimum Gasteiger partial charge on any atom is -1.00 e. The van der Waals surface area contributed by atoms with Crippen molar-refractivity contribution in [2.75, 3.05) is 0 Å². The topological polar surface area (TPSA) is 26.3 Å². The molecule has 0 aromatic carbocycles. The molecule has 0 saturated heterocycles. The van der Waals surface area contributed by atoms with Crippen LogP contribution >= 0.6 is 0 Å². The van der Waals surface area contributed by atoms with Crippen molar-refractivity contribution in [2.24, 2.45) is 0 Å². The number of hydrogen-bond donors (Lipinski definition) is 0.